The van der Waals surface area contributed by atoms with Crippen molar-refractivity contribution < 1.29 is 4.79 Å². The Morgan fingerprint density at radius 2 is 1.90 bits per heavy atom. The van der Waals surface area contributed by atoms with Crippen LogP contribution >= 0.6 is 11.8 Å². The summed E-state index contributed by atoms with van der Waals surface area (Å²) in [5, 5.41) is 9.55. The third kappa shape index (κ3) is 3.71. The molecule has 2 aromatic rings. The van der Waals surface area contributed by atoms with Gasteiger partial charge >= 0.3 is 0 Å². The average Bonchev–Trinajstić information content (AvgIpc) is 2.48. The van der Waals surface area contributed by atoms with Crippen LogP contribution in [0.3, 0.4) is 0 Å². The van der Waals surface area contributed by atoms with Crippen LogP contribution in [0.2, 0.25) is 0 Å². The van der Waals surface area contributed by atoms with E-state index in [4.69, 9.17) is 5.26 Å². The highest BCUT2D eigenvalue weighted by molar-refractivity contribution is 7.99. The van der Waals surface area contributed by atoms with Crippen LogP contribution in [0.5, 0.6) is 0 Å². The molecule has 0 saturated heterocycles. The zero-order chi connectivity index (χ0) is 15.4. The van der Waals surface area contributed by atoms with Gasteiger partial charge in [-0.15, -0.1) is 0 Å². The molecule has 0 aliphatic rings. The average molecular weight is 296 g/mol. The zero-order valence-electron chi connectivity index (χ0n) is 12.3. The number of pyridine rings is 1. The van der Waals surface area contributed by atoms with Gasteiger partial charge in [0.05, 0.1) is 22.4 Å². The van der Waals surface area contributed by atoms with Crippen LogP contribution in [-0.2, 0) is 0 Å². The lowest BCUT2D eigenvalue weighted by molar-refractivity contribution is 0.102. The van der Waals surface area contributed by atoms with Crippen LogP contribution < -0.4 is 0 Å². The molecular formula is C17H16N2OS. The van der Waals surface area contributed by atoms with Crippen molar-refractivity contribution in [2.75, 3.05) is 5.75 Å². The Morgan fingerprint density at radius 3 is 2.62 bits per heavy atom. The molecule has 0 saturated carbocycles. The molecule has 0 fully saturated rings. The molecule has 0 aliphatic carbocycles. The molecule has 0 unspecified atom stereocenters. The Labute approximate surface area is 129 Å². The van der Waals surface area contributed by atoms with Crippen molar-refractivity contribution in [2.45, 2.75) is 25.8 Å². The Hall–Kier alpha value is -2.12. The number of ketones is 1. The standard InChI is InChI=1S/C17H16N2OS/c1-11-6-13(3)15(7-12(11)2)16(20)10-21-17-8-14(9-18)4-5-19-17/h4-8H,10H2,1-3H3. The fourth-order valence-corrected chi connectivity index (χ4v) is 2.82. The minimum atomic E-state index is 0.0877. The smallest absolute Gasteiger partial charge is 0.173 e. The molecule has 0 bridgehead atoms. The highest BCUT2D eigenvalue weighted by Gasteiger charge is 2.11. The summed E-state index contributed by atoms with van der Waals surface area (Å²) >= 11 is 1.36. The number of nitrogens with zero attached hydrogens (tertiary/aromatic N) is 2. The van der Waals surface area contributed by atoms with Gasteiger partial charge in [-0.05, 0) is 55.7 Å². The van der Waals surface area contributed by atoms with E-state index in [1.54, 1.807) is 18.3 Å². The SMILES string of the molecule is Cc1cc(C)c(C(=O)CSc2cc(C#N)ccn2)cc1C. The maximum atomic E-state index is 12.3. The number of aromatic nitrogens is 1. The van der Waals surface area contributed by atoms with E-state index in [2.05, 4.69) is 11.1 Å². The summed E-state index contributed by atoms with van der Waals surface area (Å²) < 4.78 is 0. The van der Waals surface area contributed by atoms with E-state index in [0.29, 0.717) is 16.3 Å². The lowest BCUT2D eigenvalue weighted by Crippen LogP contribution is -2.06. The number of hydrogen-bond acceptors (Lipinski definition) is 4. The van der Waals surface area contributed by atoms with Crippen LogP contribution in [0.25, 0.3) is 0 Å². The van der Waals surface area contributed by atoms with Crippen molar-refractivity contribution in [1.29, 1.82) is 5.26 Å². The van der Waals surface area contributed by atoms with Gasteiger partial charge in [0.15, 0.2) is 5.78 Å². The summed E-state index contributed by atoms with van der Waals surface area (Å²) in [6.07, 6.45) is 1.59. The first-order valence-corrected chi connectivity index (χ1v) is 7.60. The van der Waals surface area contributed by atoms with Gasteiger partial charge in [-0.1, -0.05) is 17.8 Å². The number of carbonyl (C=O) groups excluding carboxylic acids is 1. The third-order valence-electron chi connectivity index (χ3n) is 3.36. The van der Waals surface area contributed by atoms with Crippen LogP contribution in [0.15, 0.2) is 35.5 Å². The Morgan fingerprint density at radius 1 is 1.19 bits per heavy atom. The van der Waals surface area contributed by atoms with E-state index in [1.807, 2.05) is 32.9 Å². The minimum absolute atomic E-state index is 0.0877. The topological polar surface area (TPSA) is 53.8 Å². The van der Waals surface area contributed by atoms with Crippen molar-refractivity contribution in [3.05, 3.63) is 58.3 Å². The number of aryl methyl sites for hydroxylation is 3. The molecule has 1 aromatic carbocycles. The Bertz CT molecular complexity index is 732. The van der Waals surface area contributed by atoms with Gasteiger partial charge in [0.1, 0.15) is 0 Å². The molecule has 0 amide bonds. The van der Waals surface area contributed by atoms with E-state index in [1.165, 1.54) is 17.3 Å². The molecule has 0 aliphatic heterocycles. The van der Waals surface area contributed by atoms with Crippen LogP contribution in [0, 0.1) is 32.1 Å². The monoisotopic (exact) mass is 296 g/mol. The van der Waals surface area contributed by atoms with Gasteiger partial charge in [-0.25, -0.2) is 4.98 Å². The second kappa shape index (κ2) is 6.55. The minimum Gasteiger partial charge on any atom is -0.293 e. The number of benzene rings is 1. The Balaban J connectivity index is 2.12. The third-order valence-corrected chi connectivity index (χ3v) is 4.28. The van der Waals surface area contributed by atoms with Gasteiger partial charge in [-0.2, -0.15) is 5.26 Å². The van der Waals surface area contributed by atoms with Crippen molar-refractivity contribution in [3.8, 4) is 6.07 Å². The van der Waals surface area contributed by atoms with Gasteiger partial charge in [0.2, 0.25) is 0 Å². The predicted molar refractivity (Wildman–Crippen MR) is 84.7 cm³/mol. The van der Waals surface area contributed by atoms with E-state index in [9.17, 15) is 4.79 Å². The number of hydrogen-bond donors (Lipinski definition) is 0. The number of nitriles is 1. The van der Waals surface area contributed by atoms with E-state index < -0.39 is 0 Å². The fourth-order valence-electron chi connectivity index (χ4n) is 2.04. The summed E-state index contributed by atoms with van der Waals surface area (Å²) in [5.41, 5.74) is 4.64. The first-order valence-electron chi connectivity index (χ1n) is 6.61. The molecule has 0 radical (unpaired) electrons. The number of carbonyl (C=O) groups is 1. The molecule has 2 rings (SSSR count). The maximum Gasteiger partial charge on any atom is 0.173 e. The predicted octanol–water partition coefficient (Wildman–Crippen LogP) is 3.85. The maximum absolute atomic E-state index is 12.3. The first kappa shape index (κ1) is 15.3. The second-order valence-electron chi connectivity index (χ2n) is 4.96. The quantitative estimate of drug-likeness (QED) is 0.635. The summed E-state index contributed by atoms with van der Waals surface area (Å²) in [5.74, 6) is 0.412. The highest BCUT2D eigenvalue weighted by Crippen LogP contribution is 2.21. The summed E-state index contributed by atoms with van der Waals surface area (Å²) in [7, 11) is 0. The second-order valence-corrected chi connectivity index (χ2v) is 5.95. The van der Waals surface area contributed by atoms with Gasteiger partial charge in [0, 0.05) is 11.8 Å². The van der Waals surface area contributed by atoms with Crippen molar-refractivity contribution in [3.63, 3.8) is 0 Å². The van der Waals surface area contributed by atoms with Crippen LogP contribution in [0.4, 0.5) is 0 Å². The lowest BCUT2D eigenvalue weighted by atomic mass is 9.99. The molecule has 106 valence electrons. The van der Waals surface area contributed by atoms with E-state index in [-0.39, 0.29) is 5.78 Å². The van der Waals surface area contributed by atoms with Crippen molar-refractivity contribution in [2.24, 2.45) is 0 Å². The molecule has 0 spiro atoms. The van der Waals surface area contributed by atoms with E-state index in [0.717, 1.165) is 16.7 Å². The first-order chi connectivity index (χ1) is 10.0. The summed E-state index contributed by atoms with van der Waals surface area (Å²) in [6.45, 7) is 6.01. The van der Waals surface area contributed by atoms with E-state index >= 15 is 0 Å². The van der Waals surface area contributed by atoms with Crippen molar-refractivity contribution >= 4 is 17.5 Å². The van der Waals surface area contributed by atoms with Crippen molar-refractivity contribution in [1.82, 2.24) is 4.98 Å². The lowest BCUT2D eigenvalue weighted by Gasteiger charge is -2.08. The molecule has 21 heavy (non-hydrogen) atoms. The summed E-state index contributed by atoms with van der Waals surface area (Å²) in [4.78, 5) is 16.5. The molecular weight excluding hydrogens is 280 g/mol. The fraction of sp³-hybridized carbons (Fsp3) is 0.235. The van der Waals surface area contributed by atoms with Gasteiger partial charge in [0.25, 0.3) is 0 Å². The molecule has 4 heteroatoms. The number of rotatable bonds is 4. The number of thioether (sulfide) groups is 1. The normalized spacial score (nSPS) is 10.2. The van der Waals surface area contributed by atoms with Gasteiger partial charge in [-0.3, -0.25) is 4.79 Å². The van der Waals surface area contributed by atoms with Gasteiger partial charge < -0.3 is 0 Å². The molecule has 0 atom stereocenters. The summed E-state index contributed by atoms with van der Waals surface area (Å²) in [6, 6.07) is 9.42. The number of Topliss-reactive ketones (excluding diaryl/α,β-unsaturated/α-hetero) is 1. The molecule has 0 N–H and O–H groups in total. The highest BCUT2D eigenvalue weighted by atomic mass is 32.2. The molecule has 1 aromatic heterocycles. The largest absolute Gasteiger partial charge is 0.293 e. The van der Waals surface area contributed by atoms with Crippen LogP contribution in [-0.4, -0.2) is 16.5 Å². The molecule has 3 nitrogen and oxygen atoms in total. The Kier molecular flexibility index (Phi) is 4.77. The molecule has 1 heterocycles. The van der Waals surface area contributed by atoms with Crippen LogP contribution in [0.1, 0.15) is 32.6 Å². The zero-order valence-corrected chi connectivity index (χ0v) is 13.1.